The minimum Gasteiger partial charge on any atom is 0 e. The molecule has 0 atom stereocenters. The van der Waals surface area contributed by atoms with E-state index in [4.69, 9.17) is 89.4 Å². The van der Waals surface area contributed by atoms with Crippen LogP contribution in [-0.2, 0) is 129 Å². The van der Waals surface area contributed by atoms with Gasteiger partial charge < -0.3 is 0 Å². The van der Waals surface area contributed by atoms with Gasteiger partial charge in [0.15, 0.2) is 0 Å². The van der Waals surface area contributed by atoms with E-state index in [1.807, 2.05) is 24.3 Å². The topological polar surface area (TPSA) is 509 Å². The van der Waals surface area contributed by atoms with E-state index in [1.54, 1.807) is 66.8 Å². The number of aldehydes is 1. The minimum absolute atomic E-state index is 0. The molecule has 0 unspecified atom stereocenters. The fourth-order valence-corrected chi connectivity index (χ4v) is 11.4. The van der Waals surface area contributed by atoms with Gasteiger partial charge in [-0.25, -0.2) is 0 Å². The van der Waals surface area contributed by atoms with E-state index in [0.29, 0.717) is 124 Å². The number of nitrogens with two attached hydrogens (primary N) is 1. The summed E-state index contributed by atoms with van der Waals surface area (Å²) in [5, 5.41) is 19.1. The number of hydrogen-bond donors (Lipinski definition) is 3. The zero-order valence-electron chi connectivity index (χ0n) is 60.3. The quantitative estimate of drug-likeness (QED) is 0.0170. The molecule has 10 aromatic rings. The molecule has 0 aliphatic rings. The van der Waals surface area contributed by atoms with Crippen molar-refractivity contribution < 1.29 is 294 Å². The van der Waals surface area contributed by atoms with Crippen LogP contribution in [0, 0.1) is 166 Å². The molecular formula is C70H62IN19O13S2U5V5-10. The molecule has 10 heterocycles. The zero-order valence-corrected chi connectivity index (χ0v) is 92.1. The second kappa shape index (κ2) is 55.7. The van der Waals surface area contributed by atoms with Crippen molar-refractivity contribution in [3.05, 3.63) is 248 Å². The van der Waals surface area contributed by atoms with E-state index in [1.165, 1.54) is 44.0 Å². The van der Waals surface area contributed by atoms with Crippen molar-refractivity contribution >= 4 is 175 Å². The van der Waals surface area contributed by atoms with E-state index in [9.17, 15) is 36.5 Å². The first-order valence-electron chi connectivity index (χ1n) is 31.0. The van der Waals surface area contributed by atoms with Crippen LogP contribution in [0.15, 0.2) is 121 Å². The zero-order chi connectivity index (χ0) is 80.1. The van der Waals surface area contributed by atoms with Crippen molar-refractivity contribution in [3.63, 3.8) is 0 Å². The Hall–Kier alpha value is -4.14. The molecule has 0 radical (unpaired) electrons. The van der Waals surface area contributed by atoms with E-state index < -0.39 is 36.3 Å². The average Bonchev–Trinajstić information content (AvgIpc) is 1.82. The number of halogens is 1. The Morgan fingerprint density at radius 2 is 0.765 bits per heavy atom. The van der Waals surface area contributed by atoms with Crippen LogP contribution >= 0.6 is 24.0 Å². The maximum atomic E-state index is 11.5. The van der Waals surface area contributed by atoms with Gasteiger partial charge >= 0.3 is 673 Å². The monoisotopic (exact) mass is 3010 g/mol. The van der Waals surface area contributed by atoms with Gasteiger partial charge in [0.05, 0.1) is 0 Å². The van der Waals surface area contributed by atoms with Crippen LogP contribution in [0.1, 0.15) is 62.4 Å². The summed E-state index contributed by atoms with van der Waals surface area (Å²) in [5.41, 5.74) is 44.1. The molecule has 0 aromatic carbocycles. The van der Waals surface area contributed by atoms with Gasteiger partial charge in [-0.2, -0.15) is 0 Å². The van der Waals surface area contributed by atoms with Crippen LogP contribution in [0.4, 0.5) is 29.1 Å². The smallest absolute Gasteiger partial charge is 0 e. The summed E-state index contributed by atoms with van der Waals surface area (Å²) in [7, 11) is -6.29. The van der Waals surface area contributed by atoms with E-state index in [-0.39, 0.29) is 253 Å². The Bertz CT molecular complexity index is 5990. The molecule has 32 nitrogen and oxygen atoms in total. The first-order valence-corrected chi connectivity index (χ1v) is 38.6. The summed E-state index contributed by atoms with van der Waals surface area (Å²) in [5.74, 6) is 4.97. The Kier molecular flexibility index (Phi) is 53.7. The van der Waals surface area contributed by atoms with Crippen molar-refractivity contribution in [2.75, 3.05) is 50.2 Å². The van der Waals surface area contributed by atoms with Gasteiger partial charge in [-0.1, -0.05) is 0 Å². The maximum Gasteiger partial charge on any atom is 0 e. The summed E-state index contributed by atoms with van der Waals surface area (Å²) < 4.78 is 75.4. The van der Waals surface area contributed by atoms with E-state index in [0.717, 1.165) is 32.4 Å². The molecule has 0 aliphatic heterocycles. The summed E-state index contributed by atoms with van der Waals surface area (Å²) in [6, 6.07) is 17.4. The molecule has 9 N–H and O–H groups in total. The molecule has 10 rings (SSSR count). The number of nitrogens with one attached hydrogen (secondary N) is 7. The Balaban J connectivity index is 0.00000140. The van der Waals surface area contributed by atoms with Gasteiger partial charge in [-0.05, 0) is 0 Å². The van der Waals surface area contributed by atoms with Gasteiger partial charge in [0.1, 0.15) is 0 Å². The van der Waals surface area contributed by atoms with E-state index >= 15 is 0 Å². The molecule has 45 heteroatoms. The molecule has 0 aliphatic carbocycles. The average molecular weight is 3010 g/mol. The maximum absolute atomic E-state index is 11.5. The Labute approximate surface area is 840 Å². The minimum atomic E-state index is -3.34. The summed E-state index contributed by atoms with van der Waals surface area (Å²) in [6.07, 6.45) is 21.1. The molecule has 0 saturated heterocycles. The van der Waals surface area contributed by atoms with Gasteiger partial charge in [0.25, 0.3) is 0 Å². The Morgan fingerprint density at radius 1 is 0.470 bits per heavy atom. The number of rotatable bonds is 26. The first kappa shape index (κ1) is 111. The Morgan fingerprint density at radius 3 is 1.05 bits per heavy atom. The predicted molar refractivity (Wildman–Crippen MR) is 407 cm³/mol. The van der Waals surface area contributed by atoms with Gasteiger partial charge in [0.2, 0.25) is 0 Å². The molecule has 1 amide bonds. The number of carbonyl (C=O) groups is 2. The van der Waals surface area contributed by atoms with Crippen molar-refractivity contribution in [2.45, 2.75) is 19.3 Å². The normalized spacial score (nSPS) is 11.3. The van der Waals surface area contributed by atoms with Crippen molar-refractivity contribution in [3.8, 4) is 0 Å². The molecule has 0 bridgehead atoms. The summed E-state index contributed by atoms with van der Waals surface area (Å²) in [6.45, 7) is 30.5. The summed E-state index contributed by atoms with van der Waals surface area (Å²) >= 11 is 11.7. The number of hydrogen-bond acceptors (Lipinski definition) is 25. The number of nitrogens with zero attached hydrogens (tertiary/aromatic N) is 11. The predicted octanol–water partition coefficient (Wildman–Crippen LogP) is 1.00. The third-order valence-electron chi connectivity index (χ3n) is 13.6. The van der Waals surface area contributed by atoms with E-state index in [2.05, 4.69) is 145 Å². The van der Waals surface area contributed by atoms with Gasteiger partial charge in [-0.15, -0.1) is 24.0 Å². The fraction of sp³-hybridized carbons (Fsp3) is 0.157. The van der Waals surface area contributed by atoms with Gasteiger partial charge in [0, 0.05) is 156 Å². The molecule has 0 fully saturated rings. The van der Waals surface area contributed by atoms with Crippen molar-refractivity contribution in [2.24, 2.45) is 5.73 Å². The SMILES string of the molecule is I.[CH-]=c1ncnc([NH-])c1=C[C](=[V])c1ccc(/C=C/[N+](=O)[O-])o1.[CH-]=c1ncnc([NH-])c1=C[C](=[V])c1ccc(C=O)o1.[CH-]=c1ncnc([NH-])c1=C[C](=[V])c1ccc(CCN)o1.[CH-]=c1ncnc([NH-])c1=C[C](=[V])c1ccc(CCNC(=O)CS(C)(=O)=O)o1.[CH-]=c1ncnc([NH-])c1=C[C](=[V])c1ccc(CCNCCS(C)(=O)=O)o1.[U].[U].[U].[U].[U]. The standard InChI is InChI=1S/C16H17N4O4S.C16H18N4O3S.C13H8N4O3.C13H12N4O.C12H7N3O2.HI.5U.5V/c1-11-14(16(17)20-10-19-11)6-5-12-3-4-13(24-12)7-8-18-15(21)9-25(2,22)23;1-12-15(16(17)20-11-19-12)6-5-13-3-4-14(23-13)7-8-18-9-10-24(2,21)22;1-9-12(13(14)16-8-15-9)5-4-10-2-3-11(20-10)6-7-17(18)19;1-9-12(13(15)17-8-16-9)5-4-10-2-3-11(18-10)6-7-14;1-8-11(12(13)15-7-14-8)5-4-9-2-3-10(6-16)17-9;;;;;;;;;;;/h1,3-4,6,10H,7-9H2,2H3,(H3,17,18,19,20,21);1,3-4,6,11,18H,7-10H2,2H3,(H-,17,19,20);1-3,5-8H,(H-,14,15,16);1-3,5,8H,6-7,14H2,(H-,15,16,17);1-3,5-7H,(H-,13,14,15);1H;;;;;;;;;;/q-1;4*-2;;;;;;;;;;;/p-1/b;;7-6+,12-5?;;;;;;;;;;;;;. The molecule has 10 aromatic heterocycles. The van der Waals surface area contributed by atoms with Gasteiger partial charge in [-0.3, -0.25) is 0 Å². The third-order valence-corrected chi connectivity index (χ3v) is 18.1. The van der Waals surface area contributed by atoms with Crippen LogP contribution in [0.5, 0.6) is 0 Å². The van der Waals surface area contributed by atoms with Crippen molar-refractivity contribution in [1.82, 2.24) is 60.5 Å². The molecular weight excluding hydrogens is 2950 g/mol. The fourth-order valence-electron chi connectivity index (χ4n) is 8.37. The molecule has 0 saturated carbocycles. The molecule has 0 spiro atoms. The van der Waals surface area contributed by atoms with Crippen LogP contribution in [-0.4, -0.2) is 155 Å². The number of furan rings is 5. The number of amides is 1. The number of nitro groups is 1. The molecule has 115 heavy (non-hydrogen) atoms. The third kappa shape index (κ3) is 39.1. The number of carbonyl (C=O) groups excluding carboxylic acids is 2. The van der Waals surface area contributed by atoms with Crippen molar-refractivity contribution in [1.29, 1.82) is 0 Å². The molecule has 589 valence electrons. The summed E-state index contributed by atoms with van der Waals surface area (Å²) in [4.78, 5) is 69.8. The number of aromatic nitrogens is 10. The second-order valence-corrected chi connectivity index (χ2v) is 30.2. The van der Waals surface area contributed by atoms with Crippen LogP contribution < -0.4 is 69.2 Å². The largest absolute Gasteiger partial charge is 0 e. The van der Waals surface area contributed by atoms with Crippen LogP contribution in [0.25, 0.3) is 98.0 Å². The number of sulfone groups is 2. The second-order valence-electron chi connectivity index (χ2n) is 22.0. The first-order chi connectivity index (χ1) is 51.6. The van der Waals surface area contributed by atoms with Crippen LogP contribution in [0.2, 0.25) is 0 Å². The van der Waals surface area contributed by atoms with Crippen LogP contribution in [0.3, 0.4) is 0 Å².